The molecule has 2 aromatic rings. The average molecular weight is 514 g/mol. The van der Waals surface area contributed by atoms with Crippen molar-refractivity contribution in [3.63, 3.8) is 0 Å². The van der Waals surface area contributed by atoms with E-state index in [4.69, 9.17) is 4.74 Å². The SMILES string of the molecule is CC(C)(CC(=O)N1CC2(C1)CN(c1ncnc3sc(CC(F)(F)F)cc13)C2)NC(=O)OC(C)(C)C. The molecule has 2 fully saturated rings. The molecule has 8 nitrogen and oxygen atoms in total. The van der Waals surface area contributed by atoms with Gasteiger partial charge in [-0.1, -0.05) is 0 Å². The number of likely N-dealkylation sites (tertiary alicyclic amines) is 1. The first-order valence-electron chi connectivity index (χ1n) is 11.4. The number of alkyl carbamates (subject to hydrolysis) is 1. The molecule has 2 aliphatic heterocycles. The topological polar surface area (TPSA) is 87.7 Å². The molecule has 2 amide bonds. The summed E-state index contributed by atoms with van der Waals surface area (Å²) in [7, 11) is 0. The van der Waals surface area contributed by atoms with Crippen LogP contribution in [0.15, 0.2) is 12.4 Å². The van der Waals surface area contributed by atoms with Crippen molar-refractivity contribution in [1.82, 2.24) is 20.2 Å². The second-order valence-corrected chi connectivity index (χ2v) is 12.3. The molecule has 4 heterocycles. The number of hydrogen-bond acceptors (Lipinski definition) is 7. The summed E-state index contributed by atoms with van der Waals surface area (Å²) in [6, 6.07) is 1.53. The van der Waals surface area contributed by atoms with Crippen LogP contribution in [-0.4, -0.2) is 70.4 Å². The van der Waals surface area contributed by atoms with E-state index < -0.39 is 29.8 Å². The van der Waals surface area contributed by atoms with Crippen molar-refractivity contribution < 1.29 is 27.5 Å². The van der Waals surface area contributed by atoms with Gasteiger partial charge >= 0.3 is 12.3 Å². The van der Waals surface area contributed by atoms with Gasteiger partial charge in [-0.15, -0.1) is 11.3 Å². The third-order valence-corrected chi connectivity index (χ3v) is 6.97. The number of hydrogen-bond donors (Lipinski definition) is 1. The maximum absolute atomic E-state index is 12.8. The van der Waals surface area contributed by atoms with Crippen molar-refractivity contribution in [2.75, 3.05) is 31.1 Å². The summed E-state index contributed by atoms with van der Waals surface area (Å²) in [6.45, 7) is 11.4. The zero-order chi connectivity index (χ0) is 25.8. The number of carbonyl (C=O) groups is 2. The molecular formula is C23H30F3N5O3S. The second kappa shape index (κ2) is 8.49. The minimum atomic E-state index is -4.27. The van der Waals surface area contributed by atoms with Crippen LogP contribution in [0.1, 0.15) is 45.9 Å². The first-order chi connectivity index (χ1) is 16.0. The van der Waals surface area contributed by atoms with Gasteiger partial charge < -0.3 is 19.9 Å². The lowest BCUT2D eigenvalue weighted by Gasteiger charge is -2.60. The number of thiophene rings is 1. The molecule has 35 heavy (non-hydrogen) atoms. The van der Waals surface area contributed by atoms with Crippen molar-refractivity contribution in [3.8, 4) is 0 Å². The molecule has 2 aromatic heterocycles. The molecule has 0 aliphatic carbocycles. The number of fused-ring (bicyclic) bond motifs is 1. The standard InChI is InChI=1S/C23H30F3N5O3S/c1-20(2,3)34-19(33)29-21(4,5)8-16(32)30-9-22(10-30)11-31(12-22)17-15-6-14(7-23(24,25)26)35-18(15)28-13-27-17/h6,13H,7-12H2,1-5H3,(H,29,33). The Kier molecular flexibility index (Phi) is 6.18. The van der Waals surface area contributed by atoms with Gasteiger partial charge in [-0.25, -0.2) is 14.8 Å². The van der Waals surface area contributed by atoms with E-state index in [1.54, 1.807) is 39.5 Å². The zero-order valence-corrected chi connectivity index (χ0v) is 21.3. The lowest BCUT2D eigenvalue weighted by atomic mass is 9.72. The maximum atomic E-state index is 12.8. The number of aromatic nitrogens is 2. The highest BCUT2D eigenvalue weighted by molar-refractivity contribution is 7.18. The highest BCUT2D eigenvalue weighted by Gasteiger charge is 2.54. The van der Waals surface area contributed by atoms with Crippen LogP contribution in [0, 0.1) is 5.41 Å². The minimum Gasteiger partial charge on any atom is -0.444 e. The number of halogens is 3. The summed E-state index contributed by atoms with van der Waals surface area (Å²) in [5.74, 6) is 0.590. The molecule has 0 radical (unpaired) electrons. The molecule has 192 valence electrons. The molecular weight excluding hydrogens is 483 g/mol. The Morgan fingerprint density at radius 3 is 2.37 bits per heavy atom. The molecule has 2 saturated heterocycles. The summed E-state index contributed by atoms with van der Waals surface area (Å²) in [5.41, 5.74) is -1.42. The van der Waals surface area contributed by atoms with Gasteiger partial charge in [0.2, 0.25) is 5.91 Å². The van der Waals surface area contributed by atoms with Gasteiger partial charge in [0, 0.05) is 48.4 Å². The fraction of sp³-hybridized carbons (Fsp3) is 0.652. The first kappa shape index (κ1) is 25.5. The molecule has 2 aliphatic rings. The fourth-order valence-corrected chi connectivity index (χ4v) is 5.62. The van der Waals surface area contributed by atoms with Gasteiger partial charge in [-0.2, -0.15) is 13.2 Å². The number of nitrogens with one attached hydrogen (secondary N) is 1. The molecule has 4 rings (SSSR count). The van der Waals surface area contributed by atoms with Crippen LogP contribution in [0.4, 0.5) is 23.8 Å². The molecule has 12 heteroatoms. The molecule has 0 aromatic carbocycles. The Hall–Kier alpha value is -2.63. The molecule has 0 unspecified atom stereocenters. The lowest BCUT2D eigenvalue weighted by Crippen LogP contribution is -2.73. The van der Waals surface area contributed by atoms with E-state index in [0.717, 1.165) is 11.3 Å². The van der Waals surface area contributed by atoms with E-state index in [1.807, 2.05) is 4.90 Å². The first-order valence-corrected chi connectivity index (χ1v) is 12.2. The number of anilines is 1. The Labute approximate surface area is 205 Å². The number of amides is 2. The third kappa shape index (κ3) is 5.96. The highest BCUT2D eigenvalue weighted by Crippen LogP contribution is 2.44. The number of rotatable bonds is 5. The van der Waals surface area contributed by atoms with E-state index in [9.17, 15) is 22.8 Å². The highest BCUT2D eigenvalue weighted by atomic mass is 32.1. The molecule has 0 bridgehead atoms. The third-order valence-electron chi connectivity index (χ3n) is 5.92. The minimum absolute atomic E-state index is 0.0412. The van der Waals surface area contributed by atoms with Crippen molar-refractivity contribution in [2.24, 2.45) is 5.41 Å². The van der Waals surface area contributed by atoms with Crippen LogP contribution in [0.2, 0.25) is 0 Å². The summed E-state index contributed by atoms with van der Waals surface area (Å²) in [5, 5.41) is 3.39. The van der Waals surface area contributed by atoms with Gasteiger partial charge in [-0.3, -0.25) is 4.79 Å². The fourth-order valence-electron chi connectivity index (χ4n) is 4.60. The summed E-state index contributed by atoms with van der Waals surface area (Å²) in [6.07, 6.45) is -4.28. The summed E-state index contributed by atoms with van der Waals surface area (Å²) < 4.78 is 43.7. The van der Waals surface area contributed by atoms with Crippen LogP contribution in [0.5, 0.6) is 0 Å². The Morgan fingerprint density at radius 1 is 1.11 bits per heavy atom. The Balaban J connectivity index is 1.31. The van der Waals surface area contributed by atoms with Crippen molar-refractivity contribution >= 4 is 39.4 Å². The summed E-state index contributed by atoms with van der Waals surface area (Å²) >= 11 is 1.04. The van der Waals surface area contributed by atoms with E-state index >= 15 is 0 Å². The van der Waals surface area contributed by atoms with Gasteiger partial charge in [0.05, 0.1) is 11.8 Å². The van der Waals surface area contributed by atoms with E-state index in [2.05, 4.69) is 15.3 Å². The van der Waals surface area contributed by atoms with E-state index in [-0.39, 0.29) is 22.6 Å². The number of alkyl halides is 3. The molecule has 1 spiro atoms. The van der Waals surface area contributed by atoms with E-state index in [1.165, 1.54) is 12.4 Å². The van der Waals surface area contributed by atoms with E-state index in [0.29, 0.717) is 42.2 Å². The number of ether oxygens (including phenoxy) is 1. The summed E-state index contributed by atoms with van der Waals surface area (Å²) in [4.78, 5) is 37.9. The van der Waals surface area contributed by atoms with Crippen molar-refractivity contribution in [3.05, 3.63) is 17.3 Å². The lowest BCUT2D eigenvalue weighted by molar-refractivity contribution is -0.146. The van der Waals surface area contributed by atoms with Crippen LogP contribution in [0.25, 0.3) is 10.2 Å². The van der Waals surface area contributed by atoms with Crippen LogP contribution < -0.4 is 10.2 Å². The van der Waals surface area contributed by atoms with Crippen molar-refractivity contribution in [2.45, 2.75) is 64.8 Å². The average Bonchev–Trinajstić information content (AvgIpc) is 2.97. The normalized spacial score (nSPS) is 17.8. The monoisotopic (exact) mass is 513 g/mol. The quantitative estimate of drug-likeness (QED) is 0.647. The van der Waals surface area contributed by atoms with Crippen LogP contribution in [0.3, 0.4) is 0 Å². The van der Waals surface area contributed by atoms with Crippen LogP contribution in [-0.2, 0) is 16.0 Å². The number of carbonyl (C=O) groups excluding carboxylic acids is 2. The van der Waals surface area contributed by atoms with Crippen LogP contribution >= 0.6 is 11.3 Å². The van der Waals surface area contributed by atoms with Gasteiger partial charge in [0.25, 0.3) is 0 Å². The molecule has 1 N–H and O–H groups in total. The maximum Gasteiger partial charge on any atom is 0.408 e. The zero-order valence-electron chi connectivity index (χ0n) is 20.5. The largest absolute Gasteiger partial charge is 0.444 e. The smallest absolute Gasteiger partial charge is 0.408 e. The van der Waals surface area contributed by atoms with Gasteiger partial charge in [0.15, 0.2) is 0 Å². The Bertz CT molecular complexity index is 1130. The Morgan fingerprint density at radius 2 is 1.77 bits per heavy atom. The van der Waals surface area contributed by atoms with Crippen molar-refractivity contribution in [1.29, 1.82) is 0 Å². The second-order valence-electron chi connectivity index (χ2n) is 11.2. The van der Waals surface area contributed by atoms with Gasteiger partial charge in [0.1, 0.15) is 22.6 Å². The predicted molar refractivity (Wildman–Crippen MR) is 126 cm³/mol. The molecule has 0 saturated carbocycles. The number of nitrogens with zero attached hydrogens (tertiary/aromatic N) is 4. The van der Waals surface area contributed by atoms with Gasteiger partial charge in [-0.05, 0) is 40.7 Å². The predicted octanol–water partition coefficient (Wildman–Crippen LogP) is 4.14. The molecule has 0 atom stereocenters.